The van der Waals surface area contributed by atoms with Gasteiger partial charge < -0.3 is 11.5 Å². The first-order valence-electron chi connectivity index (χ1n) is 7.46. The summed E-state index contributed by atoms with van der Waals surface area (Å²) in [6.07, 6.45) is 0. The van der Waals surface area contributed by atoms with Gasteiger partial charge in [0.05, 0.1) is 0 Å². The Morgan fingerprint density at radius 3 is 1.88 bits per heavy atom. The van der Waals surface area contributed by atoms with Crippen LogP contribution in [-0.2, 0) is 0 Å². The minimum Gasteiger partial charge on any atom is -0.366 e. The van der Waals surface area contributed by atoms with E-state index < -0.39 is 11.8 Å². The molecule has 0 aliphatic carbocycles. The fraction of sp³-hybridized carbons (Fsp3) is 0. The Hall–Kier alpha value is -3.40. The lowest BCUT2D eigenvalue weighted by molar-refractivity contribution is 0.0989. The number of carbonyl (C=O) groups excluding carboxylic acids is 2. The highest BCUT2D eigenvalue weighted by atomic mass is 16.1. The zero-order valence-corrected chi connectivity index (χ0v) is 12.9. The zero-order valence-electron chi connectivity index (χ0n) is 12.9. The lowest BCUT2D eigenvalue weighted by Crippen LogP contribution is -2.15. The van der Waals surface area contributed by atoms with Crippen molar-refractivity contribution >= 4 is 11.8 Å². The molecule has 4 heteroatoms. The maximum absolute atomic E-state index is 11.8. The highest BCUT2D eigenvalue weighted by molar-refractivity contribution is 6.04. The van der Waals surface area contributed by atoms with Crippen LogP contribution in [0.25, 0.3) is 22.3 Å². The van der Waals surface area contributed by atoms with Gasteiger partial charge in [0.2, 0.25) is 11.8 Å². The van der Waals surface area contributed by atoms with E-state index in [4.69, 9.17) is 11.5 Å². The first-order valence-corrected chi connectivity index (χ1v) is 7.46. The number of rotatable bonds is 4. The van der Waals surface area contributed by atoms with Crippen LogP contribution in [0, 0.1) is 0 Å². The van der Waals surface area contributed by atoms with Crippen molar-refractivity contribution in [2.24, 2.45) is 11.5 Å². The van der Waals surface area contributed by atoms with E-state index in [9.17, 15) is 9.59 Å². The molecule has 0 bridgehead atoms. The molecule has 0 aliphatic rings. The lowest BCUT2D eigenvalue weighted by atomic mass is 9.90. The Morgan fingerprint density at radius 1 is 0.625 bits per heavy atom. The minimum atomic E-state index is -0.552. The van der Waals surface area contributed by atoms with Crippen molar-refractivity contribution in [2.75, 3.05) is 0 Å². The molecule has 0 aliphatic heterocycles. The van der Waals surface area contributed by atoms with Gasteiger partial charge in [0.25, 0.3) is 0 Å². The molecule has 3 aromatic rings. The summed E-state index contributed by atoms with van der Waals surface area (Å²) in [5.74, 6) is -1.10. The molecule has 0 unspecified atom stereocenters. The van der Waals surface area contributed by atoms with Crippen molar-refractivity contribution in [3.63, 3.8) is 0 Å². The summed E-state index contributed by atoms with van der Waals surface area (Å²) in [7, 11) is 0. The first kappa shape index (κ1) is 15.5. The average molecular weight is 316 g/mol. The molecule has 4 N–H and O–H groups in total. The first-order chi connectivity index (χ1) is 11.6. The molecule has 4 nitrogen and oxygen atoms in total. The lowest BCUT2D eigenvalue weighted by Gasteiger charge is -2.14. The number of hydrogen-bond donors (Lipinski definition) is 2. The molecule has 0 saturated carbocycles. The standard InChI is InChI=1S/C20H16N2O2/c21-19(23)14-10-11-17(20(22)24)18(12-14)16-9-5-4-8-15(16)13-6-2-1-3-7-13/h1-12H,(H2,21,23)(H2,22,24). The van der Waals surface area contributed by atoms with Crippen molar-refractivity contribution in [1.29, 1.82) is 0 Å². The van der Waals surface area contributed by atoms with E-state index in [2.05, 4.69) is 0 Å². The van der Waals surface area contributed by atoms with Crippen LogP contribution >= 0.6 is 0 Å². The second-order valence-corrected chi connectivity index (χ2v) is 5.40. The molecule has 118 valence electrons. The second-order valence-electron chi connectivity index (χ2n) is 5.40. The number of nitrogens with two attached hydrogens (primary N) is 2. The largest absolute Gasteiger partial charge is 0.366 e. The molecular formula is C20H16N2O2. The van der Waals surface area contributed by atoms with E-state index in [1.165, 1.54) is 6.07 Å². The third kappa shape index (κ3) is 2.90. The molecule has 3 rings (SSSR count). The molecule has 0 atom stereocenters. The van der Waals surface area contributed by atoms with Gasteiger partial charge in [-0.2, -0.15) is 0 Å². The van der Waals surface area contributed by atoms with Crippen LogP contribution in [0.4, 0.5) is 0 Å². The van der Waals surface area contributed by atoms with Crippen molar-refractivity contribution < 1.29 is 9.59 Å². The van der Waals surface area contributed by atoms with Gasteiger partial charge in [0, 0.05) is 11.1 Å². The van der Waals surface area contributed by atoms with Gasteiger partial charge in [-0.25, -0.2) is 0 Å². The highest BCUT2D eigenvalue weighted by Gasteiger charge is 2.16. The number of hydrogen-bond acceptors (Lipinski definition) is 2. The van der Waals surface area contributed by atoms with Crippen LogP contribution < -0.4 is 11.5 Å². The van der Waals surface area contributed by atoms with Crippen molar-refractivity contribution in [2.45, 2.75) is 0 Å². The fourth-order valence-electron chi connectivity index (χ4n) is 2.72. The summed E-state index contributed by atoms with van der Waals surface area (Å²) < 4.78 is 0. The molecule has 0 spiro atoms. The van der Waals surface area contributed by atoms with E-state index in [0.717, 1.165) is 16.7 Å². The molecule has 0 radical (unpaired) electrons. The SMILES string of the molecule is NC(=O)c1ccc(C(N)=O)c(-c2ccccc2-c2ccccc2)c1. The summed E-state index contributed by atoms with van der Waals surface area (Å²) in [6, 6.07) is 22.1. The normalized spacial score (nSPS) is 10.3. The van der Waals surface area contributed by atoms with Crippen molar-refractivity contribution in [3.8, 4) is 22.3 Å². The van der Waals surface area contributed by atoms with Crippen LogP contribution in [0.2, 0.25) is 0 Å². The van der Waals surface area contributed by atoms with E-state index in [-0.39, 0.29) is 0 Å². The molecule has 0 saturated heterocycles. The maximum Gasteiger partial charge on any atom is 0.249 e. The van der Waals surface area contributed by atoms with Gasteiger partial charge in [-0.15, -0.1) is 0 Å². The van der Waals surface area contributed by atoms with E-state index in [0.29, 0.717) is 16.7 Å². The summed E-state index contributed by atoms with van der Waals surface area (Å²) in [4.78, 5) is 23.4. The summed E-state index contributed by atoms with van der Waals surface area (Å²) in [5.41, 5.74) is 14.9. The topological polar surface area (TPSA) is 86.2 Å². The Kier molecular flexibility index (Phi) is 4.12. The summed E-state index contributed by atoms with van der Waals surface area (Å²) in [6.45, 7) is 0. The minimum absolute atomic E-state index is 0.331. The number of primary amides is 2. The molecule has 0 heterocycles. The van der Waals surface area contributed by atoms with Gasteiger partial charge in [-0.05, 0) is 40.5 Å². The zero-order chi connectivity index (χ0) is 17.1. The monoisotopic (exact) mass is 316 g/mol. The smallest absolute Gasteiger partial charge is 0.249 e. The van der Waals surface area contributed by atoms with Gasteiger partial charge in [0.1, 0.15) is 0 Å². The quantitative estimate of drug-likeness (QED) is 0.774. The molecule has 2 amide bonds. The predicted octanol–water partition coefficient (Wildman–Crippen LogP) is 3.22. The van der Waals surface area contributed by atoms with Gasteiger partial charge >= 0.3 is 0 Å². The molecule has 0 aromatic heterocycles. The Balaban J connectivity index is 2.28. The van der Waals surface area contributed by atoms with Crippen LogP contribution in [0.15, 0.2) is 72.8 Å². The van der Waals surface area contributed by atoms with Crippen molar-refractivity contribution in [3.05, 3.63) is 83.9 Å². The third-order valence-corrected chi connectivity index (χ3v) is 3.87. The summed E-state index contributed by atoms with van der Waals surface area (Å²) >= 11 is 0. The van der Waals surface area contributed by atoms with Gasteiger partial charge in [0.15, 0.2) is 0 Å². The van der Waals surface area contributed by atoms with Crippen LogP contribution in [0.1, 0.15) is 20.7 Å². The average Bonchev–Trinajstić information content (AvgIpc) is 2.62. The molecule has 0 fully saturated rings. The Morgan fingerprint density at radius 2 is 1.25 bits per heavy atom. The van der Waals surface area contributed by atoms with Crippen LogP contribution in [0.5, 0.6) is 0 Å². The Bertz CT molecular complexity index is 918. The van der Waals surface area contributed by atoms with E-state index in [1.807, 2.05) is 54.6 Å². The van der Waals surface area contributed by atoms with E-state index in [1.54, 1.807) is 12.1 Å². The fourth-order valence-corrected chi connectivity index (χ4v) is 2.72. The molecular weight excluding hydrogens is 300 g/mol. The highest BCUT2D eigenvalue weighted by Crippen LogP contribution is 2.34. The Labute approximate surface area is 139 Å². The predicted molar refractivity (Wildman–Crippen MR) is 94.3 cm³/mol. The third-order valence-electron chi connectivity index (χ3n) is 3.87. The number of benzene rings is 3. The maximum atomic E-state index is 11.8. The number of amides is 2. The van der Waals surface area contributed by atoms with Gasteiger partial charge in [-0.1, -0.05) is 54.6 Å². The van der Waals surface area contributed by atoms with Crippen LogP contribution in [0.3, 0.4) is 0 Å². The summed E-state index contributed by atoms with van der Waals surface area (Å²) in [5, 5.41) is 0. The number of carbonyl (C=O) groups is 2. The van der Waals surface area contributed by atoms with Gasteiger partial charge in [-0.3, -0.25) is 9.59 Å². The molecule has 3 aromatic carbocycles. The van der Waals surface area contributed by atoms with E-state index >= 15 is 0 Å². The second kappa shape index (κ2) is 6.38. The molecule has 24 heavy (non-hydrogen) atoms. The van der Waals surface area contributed by atoms with Crippen LogP contribution in [-0.4, -0.2) is 11.8 Å². The van der Waals surface area contributed by atoms with Crippen molar-refractivity contribution in [1.82, 2.24) is 0 Å².